The summed E-state index contributed by atoms with van der Waals surface area (Å²) in [6.45, 7) is 7.65. The molecule has 0 aliphatic heterocycles. The van der Waals surface area contributed by atoms with E-state index in [0.717, 1.165) is 38.0 Å². The Labute approximate surface area is 115 Å². The van der Waals surface area contributed by atoms with Crippen molar-refractivity contribution in [2.24, 2.45) is 0 Å². The third kappa shape index (κ3) is 4.35. The van der Waals surface area contributed by atoms with E-state index >= 15 is 0 Å². The van der Waals surface area contributed by atoms with Gasteiger partial charge < -0.3 is 10.1 Å². The second-order valence-electron chi connectivity index (χ2n) is 5.05. The first-order valence-corrected chi connectivity index (χ1v) is 6.85. The average Bonchev–Trinajstić information content (AvgIpc) is 2.81. The largest absolute Gasteiger partial charge is 0.468 e. The maximum atomic E-state index is 11.9. The van der Waals surface area contributed by atoms with Crippen LogP contribution in [0.25, 0.3) is 0 Å². The van der Waals surface area contributed by atoms with Crippen molar-refractivity contribution in [3.8, 4) is 0 Å². The van der Waals surface area contributed by atoms with E-state index < -0.39 is 5.54 Å². The Morgan fingerprint density at radius 1 is 1.58 bits per heavy atom. The predicted molar refractivity (Wildman–Crippen MR) is 74.9 cm³/mol. The zero-order valence-corrected chi connectivity index (χ0v) is 12.4. The number of aryl methyl sites for hydroxylation is 2. The third-order valence-corrected chi connectivity index (χ3v) is 3.38. The number of aromatic nitrogens is 2. The lowest BCUT2D eigenvalue weighted by Crippen LogP contribution is -2.50. The van der Waals surface area contributed by atoms with E-state index in [4.69, 9.17) is 4.74 Å². The first-order valence-electron chi connectivity index (χ1n) is 6.85. The highest BCUT2D eigenvalue weighted by Gasteiger charge is 2.32. The van der Waals surface area contributed by atoms with E-state index in [0.29, 0.717) is 0 Å². The van der Waals surface area contributed by atoms with Gasteiger partial charge in [0.15, 0.2) is 0 Å². The van der Waals surface area contributed by atoms with E-state index in [-0.39, 0.29) is 5.97 Å². The summed E-state index contributed by atoms with van der Waals surface area (Å²) < 4.78 is 6.86. The number of carbonyl (C=O) groups is 1. The van der Waals surface area contributed by atoms with Crippen molar-refractivity contribution in [3.63, 3.8) is 0 Å². The lowest BCUT2D eigenvalue weighted by Gasteiger charge is -2.28. The van der Waals surface area contributed by atoms with Gasteiger partial charge in [0, 0.05) is 18.4 Å². The summed E-state index contributed by atoms with van der Waals surface area (Å²) in [6, 6.07) is 1.98. The molecule has 0 fully saturated rings. The van der Waals surface area contributed by atoms with Crippen molar-refractivity contribution in [1.29, 1.82) is 0 Å². The topological polar surface area (TPSA) is 56.2 Å². The van der Waals surface area contributed by atoms with Crippen molar-refractivity contribution < 1.29 is 9.53 Å². The molecule has 1 aromatic rings. The molecule has 5 nitrogen and oxygen atoms in total. The molecule has 1 heterocycles. The molecule has 0 aliphatic rings. The molecular formula is C14H25N3O2. The van der Waals surface area contributed by atoms with Crippen LogP contribution in [-0.2, 0) is 16.1 Å². The summed E-state index contributed by atoms with van der Waals surface area (Å²) in [5.74, 6) is -0.196. The quantitative estimate of drug-likeness (QED) is 0.731. The van der Waals surface area contributed by atoms with Gasteiger partial charge in [0.1, 0.15) is 5.54 Å². The maximum Gasteiger partial charge on any atom is 0.325 e. The summed E-state index contributed by atoms with van der Waals surface area (Å²) in [6.07, 6.45) is 4.40. The number of rotatable bonds is 8. The molecule has 108 valence electrons. The fourth-order valence-electron chi connectivity index (χ4n) is 2.10. The highest BCUT2D eigenvalue weighted by molar-refractivity contribution is 5.80. The molecule has 0 radical (unpaired) electrons. The summed E-state index contributed by atoms with van der Waals surface area (Å²) in [5, 5.41) is 7.53. The lowest BCUT2D eigenvalue weighted by molar-refractivity contribution is -0.148. The predicted octanol–water partition coefficient (Wildman–Crippen LogP) is 1.90. The van der Waals surface area contributed by atoms with Gasteiger partial charge in [-0.2, -0.15) is 5.10 Å². The number of hydrogen-bond donors (Lipinski definition) is 1. The van der Waals surface area contributed by atoms with Gasteiger partial charge in [0.25, 0.3) is 0 Å². The van der Waals surface area contributed by atoms with Crippen LogP contribution in [0.2, 0.25) is 0 Å². The van der Waals surface area contributed by atoms with Crippen molar-refractivity contribution in [2.75, 3.05) is 13.7 Å². The molecule has 0 amide bonds. The van der Waals surface area contributed by atoms with Gasteiger partial charge in [0.2, 0.25) is 0 Å². The molecule has 5 heteroatoms. The van der Waals surface area contributed by atoms with Gasteiger partial charge in [-0.15, -0.1) is 0 Å². The second kappa shape index (κ2) is 7.28. The van der Waals surface area contributed by atoms with Crippen LogP contribution in [0.3, 0.4) is 0 Å². The summed E-state index contributed by atoms with van der Waals surface area (Å²) in [7, 11) is 1.44. The molecule has 0 saturated carbocycles. The van der Waals surface area contributed by atoms with Gasteiger partial charge in [-0.1, -0.05) is 6.92 Å². The van der Waals surface area contributed by atoms with Crippen LogP contribution >= 0.6 is 0 Å². The molecule has 0 spiro atoms. The molecule has 1 rings (SSSR count). The summed E-state index contributed by atoms with van der Waals surface area (Å²) in [5.41, 5.74) is 0.535. The smallest absolute Gasteiger partial charge is 0.325 e. The van der Waals surface area contributed by atoms with E-state index in [1.807, 2.05) is 24.6 Å². The number of hydrogen-bond acceptors (Lipinski definition) is 4. The minimum Gasteiger partial charge on any atom is -0.468 e. The number of nitrogens with one attached hydrogen (secondary N) is 1. The average molecular weight is 267 g/mol. The second-order valence-corrected chi connectivity index (χ2v) is 5.05. The molecule has 0 bridgehead atoms. The molecule has 0 aliphatic carbocycles. The molecule has 1 atom stereocenters. The first-order chi connectivity index (χ1) is 9.03. The van der Waals surface area contributed by atoms with E-state index in [2.05, 4.69) is 17.3 Å². The Morgan fingerprint density at radius 3 is 2.84 bits per heavy atom. The molecule has 1 aromatic heterocycles. The Bertz CT molecular complexity index is 403. The summed E-state index contributed by atoms with van der Waals surface area (Å²) in [4.78, 5) is 11.9. The Morgan fingerprint density at radius 2 is 2.32 bits per heavy atom. The molecule has 1 unspecified atom stereocenters. The number of ether oxygens (including phenoxy) is 1. The van der Waals surface area contributed by atoms with Crippen molar-refractivity contribution in [1.82, 2.24) is 15.1 Å². The zero-order chi connectivity index (χ0) is 14.3. The monoisotopic (exact) mass is 267 g/mol. The van der Waals surface area contributed by atoms with Gasteiger partial charge in [-0.05, 0) is 45.7 Å². The lowest BCUT2D eigenvalue weighted by atomic mass is 9.95. The van der Waals surface area contributed by atoms with Crippen LogP contribution in [0.5, 0.6) is 0 Å². The van der Waals surface area contributed by atoms with Crippen molar-refractivity contribution in [2.45, 2.75) is 52.1 Å². The number of methoxy groups -OCH3 is 1. The Balaban J connectivity index is 2.53. The Kier molecular flexibility index (Phi) is 6.02. The van der Waals surface area contributed by atoms with E-state index in [1.165, 1.54) is 7.11 Å². The molecule has 19 heavy (non-hydrogen) atoms. The highest BCUT2D eigenvalue weighted by atomic mass is 16.5. The van der Waals surface area contributed by atoms with Gasteiger partial charge in [-0.25, -0.2) is 0 Å². The Hall–Kier alpha value is -1.36. The van der Waals surface area contributed by atoms with Crippen molar-refractivity contribution >= 4 is 5.97 Å². The number of carbonyl (C=O) groups excluding carboxylic acids is 1. The van der Waals surface area contributed by atoms with Crippen LogP contribution in [0.4, 0.5) is 0 Å². The van der Waals surface area contributed by atoms with Gasteiger partial charge >= 0.3 is 5.97 Å². The van der Waals surface area contributed by atoms with E-state index in [1.54, 1.807) is 6.20 Å². The number of nitrogens with zero attached hydrogens (tertiary/aromatic N) is 2. The SMILES string of the molecule is CCCNC(C)(CCCn1nccc1C)C(=O)OC. The van der Waals surface area contributed by atoms with E-state index in [9.17, 15) is 4.79 Å². The van der Waals surface area contributed by atoms with Crippen molar-refractivity contribution in [3.05, 3.63) is 18.0 Å². The number of esters is 1. The highest BCUT2D eigenvalue weighted by Crippen LogP contribution is 2.15. The normalized spacial score (nSPS) is 14.1. The fraction of sp³-hybridized carbons (Fsp3) is 0.714. The van der Waals surface area contributed by atoms with Crippen LogP contribution in [-0.4, -0.2) is 34.9 Å². The minimum atomic E-state index is -0.605. The molecule has 0 saturated heterocycles. The molecule has 1 N–H and O–H groups in total. The van der Waals surface area contributed by atoms with Crippen LogP contribution in [0.15, 0.2) is 12.3 Å². The fourth-order valence-corrected chi connectivity index (χ4v) is 2.10. The maximum absolute atomic E-state index is 11.9. The van der Waals surface area contributed by atoms with Crippen LogP contribution in [0, 0.1) is 6.92 Å². The third-order valence-electron chi connectivity index (χ3n) is 3.38. The summed E-state index contributed by atoms with van der Waals surface area (Å²) >= 11 is 0. The van der Waals surface area contributed by atoms with Gasteiger partial charge in [0.05, 0.1) is 7.11 Å². The zero-order valence-electron chi connectivity index (χ0n) is 12.4. The first kappa shape index (κ1) is 15.7. The standard InChI is InChI=1S/C14H25N3O2/c1-5-9-15-14(3,13(18)19-4)8-6-11-17-12(2)7-10-16-17/h7,10,15H,5-6,8-9,11H2,1-4H3. The minimum absolute atomic E-state index is 0.196. The van der Waals surface area contributed by atoms with Gasteiger partial charge in [-0.3, -0.25) is 9.48 Å². The molecule has 0 aromatic carbocycles. The van der Waals surface area contributed by atoms with Crippen LogP contribution in [0.1, 0.15) is 38.8 Å². The van der Waals surface area contributed by atoms with Crippen LogP contribution < -0.4 is 5.32 Å². The molecular weight excluding hydrogens is 242 g/mol.